The third-order valence-electron chi connectivity index (χ3n) is 7.66. The number of aryl methyl sites for hydroxylation is 1. The van der Waals surface area contributed by atoms with Crippen molar-refractivity contribution in [2.45, 2.75) is 45.8 Å². The third-order valence-corrected chi connectivity index (χ3v) is 7.66. The Hall–Kier alpha value is -3.27. The van der Waals surface area contributed by atoms with Gasteiger partial charge in [-0.15, -0.1) is 12.4 Å². The largest absolute Gasteiger partial charge is 0.380 e. The maximum Gasteiger partial charge on any atom is 0.264 e. The molecule has 5 rings (SSSR count). The summed E-state index contributed by atoms with van der Waals surface area (Å²) < 4.78 is 0. The second-order valence-electron chi connectivity index (χ2n) is 10.0. The van der Waals surface area contributed by atoms with Crippen molar-refractivity contribution in [3.8, 4) is 0 Å². The van der Waals surface area contributed by atoms with Crippen molar-refractivity contribution in [3.63, 3.8) is 0 Å². The first-order valence-electron chi connectivity index (χ1n) is 13.0. The van der Waals surface area contributed by atoms with Gasteiger partial charge < -0.3 is 10.2 Å². The standard InChI is InChI=1S/C28H33N5O4.ClH/c1-3-31-11-13-32(14-12-31)17-20-8-7-19(15-18(20)2)16-29-22-6-4-5-21-25(22)28(37)33(27(21)36)23-9-10-24(34)30-26(23)35;/h4-8,15,23,29H,3,9-14,16-17H2,1-2H3,(H,30,34,35);1H. The second kappa shape index (κ2) is 11.6. The number of anilines is 1. The number of fused-ring (bicyclic) bond motifs is 1. The number of piperazine rings is 1. The van der Waals surface area contributed by atoms with Crippen LogP contribution in [0.4, 0.5) is 5.69 Å². The number of halogens is 1. The fraction of sp³-hybridized carbons (Fsp3) is 0.429. The van der Waals surface area contributed by atoms with Crippen molar-refractivity contribution in [2.75, 3.05) is 38.0 Å². The zero-order valence-electron chi connectivity index (χ0n) is 21.8. The van der Waals surface area contributed by atoms with Crippen molar-refractivity contribution in [2.24, 2.45) is 0 Å². The summed E-state index contributed by atoms with van der Waals surface area (Å²) in [6, 6.07) is 10.6. The smallest absolute Gasteiger partial charge is 0.264 e. The van der Waals surface area contributed by atoms with Gasteiger partial charge >= 0.3 is 0 Å². The van der Waals surface area contributed by atoms with Crippen LogP contribution in [-0.4, -0.2) is 77.1 Å². The lowest BCUT2D eigenvalue weighted by Crippen LogP contribution is -2.54. The predicted octanol–water partition coefficient (Wildman–Crippen LogP) is 2.57. The normalized spacial score (nSPS) is 20.3. The van der Waals surface area contributed by atoms with Gasteiger partial charge in [0.1, 0.15) is 6.04 Å². The lowest BCUT2D eigenvalue weighted by molar-refractivity contribution is -0.136. The highest BCUT2D eigenvalue weighted by Gasteiger charge is 2.45. The van der Waals surface area contributed by atoms with Crippen LogP contribution in [0.25, 0.3) is 0 Å². The Balaban J connectivity index is 0.00000336. The number of piperidine rings is 1. The van der Waals surface area contributed by atoms with Crippen LogP contribution in [0.15, 0.2) is 36.4 Å². The number of carbonyl (C=O) groups is 4. The highest BCUT2D eigenvalue weighted by Crippen LogP contribution is 2.32. The van der Waals surface area contributed by atoms with E-state index in [1.165, 1.54) is 11.1 Å². The van der Waals surface area contributed by atoms with Gasteiger partial charge in [-0.1, -0.05) is 31.2 Å². The van der Waals surface area contributed by atoms with E-state index < -0.39 is 23.8 Å². The number of likely N-dealkylation sites (N-methyl/N-ethyl adjacent to an activating group) is 1. The Morgan fingerprint density at radius 2 is 1.71 bits per heavy atom. The topological polar surface area (TPSA) is 102 Å². The average Bonchev–Trinajstić information content (AvgIpc) is 3.15. The molecule has 1 unspecified atom stereocenters. The summed E-state index contributed by atoms with van der Waals surface area (Å²) in [5.41, 5.74) is 4.72. The van der Waals surface area contributed by atoms with E-state index in [2.05, 4.69) is 52.5 Å². The molecule has 0 radical (unpaired) electrons. The number of carbonyl (C=O) groups excluding carboxylic acids is 4. The minimum atomic E-state index is -0.974. The van der Waals surface area contributed by atoms with Crippen molar-refractivity contribution < 1.29 is 19.2 Å². The monoisotopic (exact) mass is 539 g/mol. The van der Waals surface area contributed by atoms with E-state index in [-0.39, 0.29) is 42.3 Å². The third kappa shape index (κ3) is 5.45. The molecule has 3 heterocycles. The lowest BCUT2D eigenvalue weighted by atomic mass is 10.0. The Labute approximate surface area is 228 Å². The first-order chi connectivity index (χ1) is 17.9. The van der Waals surface area contributed by atoms with Gasteiger partial charge in [-0.25, -0.2) is 0 Å². The zero-order chi connectivity index (χ0) is 26.1. The Morgan fingerprint density at radius 3 is 2.39 bits per heavy atom. The van der Waals surface area contributed by atoms with Gasteiger partial charge in [0.25, 0.3) is 11.8 Å². The average molecular weight is 540 g/mol. The van der Waals surface area contributed by atoms with Gasteiger partial charge in [0.2, 0.25) is 11.8 Å². The van der Waals surface area contributed by atoms with E-state index in [4.69, 9.17) is 0 Å². The van der Waals surface area contributed by atoms with Gasteiger partial charge in [-0.05, 0) is 48.7 Å². The Kier molecular flexibility index (Phi) is 8.50. The number of hydrogen-bond acceptors (Lipinski definition) is 7. The number of benzene rings is 2. The first-order valence-corrected chi connectivity index (χ1v) is 13.0. The minimum Gasteiger partial charge on any atom is -0.380 e. The SMILES string of the molecule is CCN1CCN(Cc2ccc(CNc3cccc4c3C(=O)N(C3CCC(=O)NC3=O)C4=O)cc2C)CC1.Cl. The molecule has 0 aromatic heterocycles. The van der Waals surface area contributed by atoms with Gasteiger partial charge in [0.05, 0.1) is 11.1 Å². The van der Waals surface area contributed by atoms with Crippen LogP contribution < -0.4 is 10.6 Å². The van der Waals surface area contributed by atoms with E-state index in [9.17, 15) is 19.2 Å². The van der Waals surface area contributed by atoms with Crippen LogP contribution in [0.5, 0.6) is 0 Å². The molecule has 3 aliphatic heterocycles. The summed E-state index contributed by atoms with van der Waals surface area (Å²) in [7, 11) is 0. The van der Waals surface area contributed by atoms with Crippen molar-refractivity contribution in [3.05, 3.63) is 64.2 Å². The van der Waals surface area contributed by atoms with E-state index in [1.807, 2.05) is 0 Å². The molecular formula is C28H34ClN5O4. The fourth-order valence-electron chi connectivity index (χ4n) is 5.41. The van der Waals surface area contributed by atoms with Crippen LogP contribution >= 0.6 is 12.4 Å². The maximum atomic E-state index is 13.3. The van der Waals surface area contributed by atoms with Crippen LogP contribution in [-0.2, 0) is 22.7 Å². The van der Waals surface area contributed by atoms with E-state index in [0.29, 0.717) is 12.2 Å². The van der Waals surface area contributed by atoms with Crippen LogP contribution in [0.3, 0.4) is 0 Å². The lowest BCUT2D eigenvalue weighted by Gasteiger charge is -2.34. The Bertz CT molecular complexity index is 1260. The molecule has 9 nitrogen and oxygen atoms in total. The summed E-state index contributed by atoms with van der Waals surface area (Å²) in [5, 5.41) is 5.55. The highest BCUT2D eigenvalue weighted by molar-refractivity contribution is 6.25. The predicted molar refractivity (Wildman–Crippen MR) is 146 cm³/mol. The van der Waals surface area contributed by atoms with Crippen molar-refractivity contribution in [1.82, 2.24) is 20.0 Å². The quantitative estimate of drug-likeness (QED) is 0.521. The summed E-state index contributed by atoms with van der Waals surface area (Å²) in [6.45, 7) is 11.3. The second-order valence-corrected chi connectivity index (χ2v) is 10.0. The molecule has 2 N–H and O–H groups in total. The number of nitrogens with zero attached hydrogens (tertiary/aromatic N) is 3. The minimum absolute atomic E-state index is 0. The first kappa shape index (κ1) is 27.8. The van der Waals surface area contributed by atoms with Crippen LogP contribution in [0.1, 0.15) is 57.2 Å². The molecule has 202 valence electrons. The number of rotatable bonds is 7. The molecule has 2 saturated heterocycles. The number of amides is 4. The summed E-state index contributed by atoms with van der Waals surface area (Å²) >= 11 is 0. The molecule has 2 fully saturated rings. The molecule has 0 bridgehead atoms. The van der Waals surface area contributed by atoms with Crippen LogP contribution in [0.2, 0.25) is 0 Å². The van der Waals surface area contributed by atoms with E-state index >= 15 is 0 Å². The molecule has 2 aromatic carbocycles. The van der Waals surface area contributed by atoms with Crippen LogP contribution in [0, 0.1) is 6.92 Å². The Morgan fingerprint density at radius 1 is 0.974 bits per heavy atom. The van der Waals surface area contributed by atoms with Crippen molar-refractivity contribution in [1.29, 1.82) is 0 Å². The molecule has 0 spiro atoms. The fourth-order valence-corrected chi connectivity index (χ4v) is 5.41. The van der Waals surface area contributed by atoms with Crippen molar-refractivity contribution >= 4 is 41.7 Å². The van der Waals surface area contributed by atoms with Gasteiger partial charge in [0.15, 0.2) is 0 Å². The summed E-state index contributed by atoms with van der Waals surface area (Å²) in [5.74, 6) is -2.01. The number of hydrogen-bond donors (Lipinski definition) is 2. The zero-order valence-corrected chi connectivity index (χ0v) is 22.6. The molecule has 38 heavy (non-hydrogen) atoms. The van der Waals surface area contributed by atoms with Gasteiger partial charge in [0, 0.05) is 51.4 Å². The maximum absolute atomic E-state index is 13.3. The van der Waals surface area contributed by atoms with Gasteiger partial charge in [-0.2, -0.15) is 0 Å². The highest BCUT2D eigenvalue weighted by atomic mass is 35.5. The molecule has 2 aromatic rings. The number of imide groups is 2. The van der Waals surface area contributed by atoms with E-state index in [0.717, 1.165) is 49.7 Å². The summed E-state index contributed by atoms with van der Waals surface area (Å²) in [6.07, 6.45) is 0.234. The molecule has 4 amide bonds. The molecule has 0 aliphatic carbocycles. The van der Waals surface area contributed by atoms with E-state index in [1.54, 1.807) is 18.2 Å². The molecule has 1 atom stereocenters. The summed E-state index contributed by atoms with van der Waals surface area (Å²) in [4.78, 5) is 56.2. The van der Waals surface area contributed by atoms with Gasteiger partial charge in [-0.3, -0.25) is 34.3 Å². The molecular weight excluding hydrogens is 506 g/mol. The number of nitrogens with one attached hydrogen (secondary N) is 2. The molecule has 10 heteroatoms. The molecule has 0 saturated carbocycles. The molecule has 3 aliphatic rings.